The summed E-state index contributed by atoms with van der Waals surface area (Å²) in [6.07, 6.45) is 45.4. The maximum absolute atomic E-state index is 12.8. The summed E-state index contributed by atoms with van der Waals surface area (Å²) >= 11 is 0. The Morgan fingerprint density at radius 3 is 1.45 bits per heavy atom. The van der Waals surface area contributed by atoms with Crippen LogP contribution in [0.5, 0.6) is 0 Å². The Kier molecular flexibility index (Phi) is 39.0. The average molecular weight is 850 g/mol. The second-order valence-electron chi connectivity index (χ2n) is 17.6. The van der Waals surface area contributed by atoms with Crippen molar-refractivity contribution in [2.75, 3.05) is 13.2 Å². The molecule has 1 fully saturated rings. The minimum Gasteiger partial charge on any atom is -0.394 e. The molecule has 0 aromatic rings. The minimum absolute atomic E-state index is 0.140. The van der Waals surface area contributed by atoms with Crippen LogP contribution >= 0.6 is 0 Å². The highest BCUT2D eigenvalue weighted by Crippen LogP contribution is 2.23. The maximum Gasteiger partial charge on any atom is 0.220 e. The zero-order valence-electron chi connectivity index (χ0n) is 38.7. The first kappa shape index (κ1) is 56.4. The lowest BCUT2D eigenvalue weighted by molar-refractivity contribution is -0.302. The molecule has 7 atom stereocenters. The van der Waals surface area contributed by atoms with Crippen molar-refractivity contribution in [3.8, 4) is 0 Å². The summed E-state index contributed by atoms with van der Waals surface area (Å²) < 4.78 is 11.1. The number of carbonyl (C=O) groups is 1. The first-order valence-electron chi connectivity index (χ1n) is 25.2. The number of aliphatic hydroxyl groups is 5. The number of hydrogen-bond acceptors (Lipinski definition) is 8. The van der Waals surface area contributed by atoms with Crippen LogP contribution < -0.4 is 5.32 Å². The first-order valence-corrected chi connectivity index (χ1v) is 25.2. The number of carbonyl (C=O) groups excluding carboxylic acids is 1. The third-order valence-corrected chi connectivity index (χ3v) is 12.0. The Morgan fingerprint density at radius 2 is 0.983 bits per heavy atom. The summed E-state index contributed by atoms with van der Waals surface area (Å²) in [5.74, 6) is -0.152. The van der Waals surface area contributed by atoms with E-state index in [0.717, 1.165) is 57.8 Å². The van der Waals surface area contributed by atoms with E-state index in [2.05, 4.69) is 55.6 Å². The van der Waals surface area contributed by atoms with Gasteiger partial charge in [-0.2, -0.15) is 0 Å². The van der Waals surface area contributed by atoms with Crippen molar-refractivity contribution >= 4 is 5.91 Å². The molecule has 1 rings (SSSR count). The molecule has 9 heteroatoms. The van der Waals surface area contributed by atoms with Gasteiger partial charge in [0.1, 0.15) is 24.4 Å². The van der Waals surface area contributed by atoms with Crippen LogP contribution in [0.1, 0.15) is 226 Å². The average Bonchev–Trinajstić information content (AvgIpc) is 3.25. The number of amides is 1. The van der Waals surface area contributed by atoms with Crippen molar-refractivity contribution in [2.24, 2.45) is 0 Å². The number of hydrogen-bond donors (Lipinski definition) is 6. The molecule has 9 nitrogen and oxygen atoms in total. The van der Waals surface area contributed by atoms with Crippen LogP contribution in [0.15, 0.2) is 36.5 Å². The van der Waals surface area contributed by atoms with Gasteiger partial charge in [-0.05, 0) is 51.4 Å². The molecular weight excluding hydrogens is 755 g/mol. The summed E-state index contributed by atoms with van der Waals surface area (Å²) in [5, 5.41) is 53.8. The molecule has 352 valence electrons. The molecule has 0 spiro atoms. The molecule has 0 aromatic heterocycles. The van der Waals surface area contributed by atoms with Crippen LogP contribution in [0.25, 0.3) is 0 Å². The van der Waals surface area contributed by atoms with E-state index in [1.54, 1.807) is 0 Å². The quantitative estimate of drug-likeness (QED) is 0.0263. The molecule has 0 bridgehead atoms. The minimum atomic E-state index is -1.55. The SMILES string of the molecule is CCCCCCC/C=C\C/C=C\C/C=C\CCCCCCCCCCCCCCCCCCCCC(=O)NC(COC1OC(CO)C(O)C(O)C1O)C(O)CCCCCC. The number of unbranched alkanes of at least 4 members (excludes halogenated alkanes) is 26. The fourth-order valence-electron chi connectivity index (χ4n) is 7.93. The van der Waals surface area contributed by atoms with Gasteiger partial charge in [-0.3, -0.25) is 4.79 Å². The van der Waals surface area contributed by atoms with Gasteiger partial charge >= 0.3 is 0 Å². The van der Waals surface area contributed by atoms with E-state index in [1.165, 1.54) is 141 Å². The normalized spacial score (nSPS) is 20.8. The van der Waals surface area contributed by atoms with Crippen molar-refractivity contribution in [3.63, 3.8) is 0 Å². The zero-order chi connectivity index (χ0) is 43.7. The molecule has 1 amide bonds. The van der Waals surface area contributed by atoms with Crippen molar-refractivity contribution < 1.29 is 39.8 Å². The standard InChI is InChI=1S/C51H95NO8/c1-3-5-7-9-10-11-12-13-14-15-16-17-18-19-20-21-22-23-24-25-26-27-28-29-30-31-32-33-34-35-36-37-39-41-47(55)52-44(45(54)40-38-8-6-4-2)43-59-51-50(58)49(57)48(56)46(42-53)60-51/h12-13,15-16,18-19,44-46,48-51,53-54,56-58H,3-11,14,17,20-43H2,1-2H3,(H,52,55)/b13-12-,16-15-,19-18-. The van der Waals surface area contributed by atoms with Gasteiger partial charge in [-0.15, -0.1) is 0 Å². The predicted molar refractivity (Wildman–Crippen MR) is 249 cm³/mol. The Labute approximate surface area is 368 Å². The third kappa shape index (κ3) is 31.3. The summed E-state index contributed by atoms with van der Waals surface area (Å²) in [6, 6.07) is -0.713. The lowest BCUT2D eigenvalue weighted by Crippen LogP contribution is -2.60. The molecule has 1 aliphatic rings. The second-order valence-corrected chi connectivity index (χ2v) is 17.6. The Hall–Kier alpha value is -1.59. The van der Waals surface area contributed by atoms with E-state index in [9.17, 15) is 30.3 Å². The number of nitrogens with one attached hydrogen (secondary N) is 1. The Morgan fingerprint density at radius 1 is 0.567 bits per heavy atom. The largest absolute Gasteiger partial charge is 0.394 e. The highest BCUT2D eigenvalue weighted by atomic mass is 16.7. The van der Waals surface area contributed by atoms with E-state index in [1.807, 2.05) is 0 Å². The lowest BCUT2D eigenvalue weighted by atomic mass is 9.99. The van der Waals surface area contributed by atoms with Crippen LogP contribution in [0, 0.1) is 0 Å². The van der Waals surface area contributed by atoms with Crippen molar-refractivity contribution in [1.82, 2.24) is 5.32 Å². The molecule has 6 N–H and O–H groups in total. The molecule has 0 saturated carbocycles. The van der Waals surface area contributed by atoms with Gasteiger partial charge < -0.3 is 40.3 Å². The highest BCUT2D eigenvalue weighted by Gasteiger charge is 2.44. The molecule has 7 unspecified atom stereocenters. The number of ether oxygens (including phenoxy) is 2. The first-order chi connectivity index (χ1) is 29.3. The second kappa shape index (κ2) is 41.4. The Bertz CT molecular complexity index is 1030. The Balaban J connectivity index is 1.99. The highest BCUT2D eigenvalue weighted by molar-refractivity contribution is 5.76. The molecule has 0 radical (unpaired) electrons. The van der Waals surface area contributed by atoms with E-state index in [4.69, 9.17) is 9.47 Å². The monoisotopic (exact) mass is 850 g/mol. The van der Waals surface area contributed by atoms with Gasteiger partial charge in [0, 0.05) is 6.42 Å². The lowest BCUT2D eigenvalue weighted by Gasteiger charge is -2.40. The summed E-state index contributed by atoms with van der Waals surface area (Å²) in [7, 11) is 0. The smallest absolute Gasteiger partial charge is 0.220 e. The van der Waals surface area contributed by atoms with Gasteiger partial charge in [-0.25, -0.2) is 0 Å². The van der Waals surface area contributed by atoms with E-state index < -0.39 is 49.5 Å². The van der Waals surface area contributed by atoms with Gasteiger partial charge in [0.2, 0.25) is 5.91 Å². The van der Waals surface area contributed by atoms with Gasteiger partial charge in [0.15, 0.2) is 6.29 Å². The predicted octanol–water partition coefficient (Wildman–Crippen LogP) is 11.2. The molecular formula is C51H95NO8. The topological polar surface area (TPSA) is 149 Å². The van der Waals surface area contributed by atoms with Gasteiger partial charge in [0.25, 0.3) is 0 Å². The van der Waals surface area contributed by atoms with Gasteiger partial charge in [0.05, 0.1) is 25.4 Å². The van der Waals surface area contributed by atoms with Crippen molar-refractivity contribution in [2.45, 2.75) is 269 Å². The molecule has 1 saturated heterocycles. The van der Waals surface area contributed by atoms with E-state index >= 15 is 0 Å². The number of allylic oxidation sites excluding steroid dienone is 6. The van der Waals surface area contributed by atoms with Crippen molar-refractivity contribution in [1.29, 1.82) is 0 Å². The van der Waals surface area contributed by atoms with Crippen LogP contribution in [-0.4, -0.2) is 87.5 Å². The molecule has 1 heterocycles. The third-order valence-electron chi connectivity index (χ3n) is 12.0. The van der Waals surface area contributed by atoms with Crippen LogP contribution in [0.2, 0.25) is 0 Å². The van der Waals surface area contributed by atoms with Crippen LogP contribution in [0.3, 0.4) is 0 Å². The molecule has 60 heavy (non-hydrogen) atoms. The fourth-order valence-corrected chi connectivity index (χ4v) is 7.93. The zero-order valence-corrected chi connectivity index (χ0v) is 38.7. The summed E-state index contributed by atoms with van der Waals surface area (Å²) in [6.45, 7) is 3.70. The number of aliphatic hydroxyl groups excluding tert-OH is 5. The van der Waals surface area contributed by atoms with Crippen LogP contribution in [0.4, 0.5) is 0 Å². The van der Waals surface area contributed by atoms with Crippen molar-refractivity contribution in [3.05, 3.63) is 36.5 Å². The fraction of sp³-hybridized carbons (Fsp3) is 0.863. The molecule has 0 aliphatic carbocycles. The summed E-state index contributed by atoms with van der Waals surface area (Å²) in [4.78, 5) is 12.8. The maximum atomic E-state index is 12.8. The van der Waals surface area contributed by atoms with E-state index in [-0.39, 0.29) is 12.5 Å². The van der Waals surface area contributed by atoms with Crippen LogP contribution in [-0.2, 0) is 14.3 Å². The van der Waals surface area contributed by atoms with E-state index in [0.29, 0.717) is 12.8 Å². The molecule has 1 aliphatic heterocycles. The number of rotatable bonds is 42. The molecule has 0 aromatic carbocycles. The summed E-state index contributed by atoms with van der Waals surface area (Å²) in [5.41, 5.74) is 0. The van der Waals surface area contributed by atoms with Gasteiger partial charge in [-0.1, -0.05) is 204 Å².